The average molecular weight is 618 g/mol. The number of aryl methyl sites for hydroxylation is 1. The number of ether oxygens (including phenoxy) is 2. The molecule has 0 spiro atoms. The number of anilines is 1. The third kappa shape index (κ3) is 5.00. The number of benzene rings is 2. The number of aliphatic hydroxyl groups excluding tert-OH is 1. The van der Waals surface area contributed by atoms with Crippen LogP contribution in [0.4, 0.5) is 9.52 Å². The molecule has 0 bridgehead atoms. The molecule has 1 atom stereocenters. The van der Waals surface area contributed by atoms with Gasteiger partial charge in [0.15, 0.2) is 21.6 Å². The molecule has 5 aromatic rings. The smallest absolute Gasteiger partial charge is 0.301 e. The highest BCUT2D eigenvalue weighted by molar-refractivity contribution is 8.00. The summed E-state index contributed by atoms with van der Waals surface area (Å²) >= 11 is 2.35. The number of imidazole rings is 1. The summed E-state index contributed by atoms with van der Waals surface area (Å²) in [6.07, 6.45) is 1.72. The Morgan fingerprint density at radius 2 is 1.81 bits per heavy atom. The molecule has 0 aliphatic carbocycles. The molecule has 1 unspecified atom stereocenters. The van der Waals surface area contributed by atoms with Crippen LogP contribution < -0.4 is 14.4 Å². The van der Waals surface area contributed by atoms with Crippen molar-refractivity contribution in [2.24, 2.45) is 0 Å². The van der Waals surface area contributed by atoms with E-state index in [1.54, 1.807) is 66.1 Å². The van der Waals surface area contributed by atoms with Crippen LogP contribution in [-0.2, 0) is 15.3 Å². The van der Waals surface area contributed by atoms with Gasteiger partial charge in [0.1, 0.15) is 17.2 Å². The Labute approximate surface area is 253 Å². The normalized spacial score (nSPS) is 16.3. The molecule has 1 N–H and O–H groups in total. The van der Waals surface area contributed by atoms with Crippen LogP contribution in [0.25, 0.3) is 11.4 Å². The first kappa shape index (κ1) is 28.4. The van der Waals surface area contributed by atoms with E-state index >= 15 is 0 Å². The molecule has 1 saturated heterocycles. The van der Waals surface area contributed by atoms with Crippen LogP contribution in [-0.4, -0.2) is 50.6 Å². The number of thioether (sulfide) groups is 1. The molecule has 218 valence electrons. The number of hydrogen-bond donors (Lipinski definition) is 1. The van der Waals surface area contributed by atoms with Crippen molar-refractivity contribution in [2.45, 2.75) is 23.1 Å². The molecule has 43 heavy (non-hydrogen) atoms. The van der Waals surface area contributed by atoms with Gasteiger partial charge in [-0.15, -0.1) is 10.2 Å². The number of nitrogens with zero attached hydrogens (tertiary/aromatic N) is 5. The highest BCUT2D eigenvalue weighted by atomic mass is 32.2. The lowest BCUT2D eigenvalue weighted by atomic mass is 9.96. The molecule has 6 rings (SSSR count). The van der Waals surface area contributed by atoms with Crippen molar-refractivity contribution in [3.63, 3.8) is 0 Å². The fraction of sp³-hybridized carbons (Fsp3) is 0.167. The Morgan fingerprint density at radius 1 is 1.05 bits per heavy atom. The zero-order valence-electron chi connectivity index (χ0n) is 23.1. The molecule has 4 heterocycles. The number of aliphatic hydroxyl groups is 1. The minimum absolute atomic E-state index is 0.137. The maximum atomic E-state index is 14.2. The largest absolute Gasteiger partial charge is 0.505 e. The lowest BCUT2D eigenvalue weighted by Crippen LogP contribution is -2.29. The number of rotatable bonds is 8. The predicted molar refractivity (Wildman–Crippen MR) is 160 cm³/mol. The van der Waals surface area contributed by atoms with Crippen LogP contribution >= 0.6 is 23.1 Å². The van der Waals surface area contributed by atoms with Crippen LogP contribution in [0.2, 0.25) is 0 Å². The van der Waals surface area contributed by atoms with E-state index in [2.05, 4.69) is 15.2 Å². The average Bonchev–Trinajstić information content (AvgIpc) is 3.69. The van der Waals surface area contributed by atoms with Gasteiger partial charge in [-0.3, -0.25) is 18.9 Å². The number of methoxy groups -OCH3 is 2. The molecule has 13 heteroatoms. The lowest BCUT2D eigenvalue weighted by Gasteiger charge is -2.23. The summed E-state index contributed by atoms with van der Waals surface area (Å²) in [6, 6.07) is 15.7. The molecule has 1 aliphatic heterocycles. The number of ketones is 1. The first-order valence-electron chi connectivity index (χ1n) is 13.0. The molecular weight excluding hydrogens is 593 g/mol. The predicted octanol–water partition coefficient (Wildman–Crippen LogP) is 5.57. The third-order valence-electron chi connectivity index (χ3n) is 7.01. The number of fused-ring (bicyclic) bond motifs is 1. The quantitative estimate of drug-likeness (QED) is 0.0784. The van der Waals surface area contributed by atoms with Gasteiger partial charge in [-0.2, -0.15) is 0 Å². The van der Waals surface area contributed by atoms with Gasteiger partial charge >= 0.3 is 5.91 Å². The molecule has 3 aromatic heterocycles. The van der Waals surface area contributed by atoms with E-state index in [0.717, 1.165) is 11.3 Å². The second-order valence-corrected chi connectivity index (χ2v) is 11.7. The highest BCUT2D eigenvalue weighted by Gasteiger charge is 2.49. The molecule has 1 fully saturated rings. The van der Waals surface area contributed by atoms with Gasteiger partial charge in [-0.1, -0.05) is 53.4 Å². The van der Waals surface area contributed by atoms with E-state index in [1.807, 2.05) is 6.07 Å². The summed E-state index contributed by atoms with van der Waals surface area (Å²) in [6.45, 7) is 1.72. The summed E-state index contributed by atoms with van der Waals surface area (Å²) in [7, 11) is 2.98. The first-order valence-corrected chi connectivity index (χ1v) is 14.8. The van der Waals surface area contributed by atoms with E-state index in [0.29, 0.717) is 44.1 Å². The number of halogens is 1. The minimum atomic E-state index is -1.08. The second kappa shape index (κ2) is 11.5. The van der Waals surface area contributed by atoms with E-state index in [9.17, 15) is 19.1 Å². The Hall–Kier alpha value is -4.75. The molecular formula is C30H24FN5O5S2. The van der Waals surface area contributed by atoms with Crippen molar-refractivity contribution < 1.29 is 28.6 Å². The fourth-order valence-electron chi connectivity index (χ4n) is 5.01. The zero-order chi connectivity index (χ0) is 30.2. The SMILES string of the molecule is COc1ccc(C2/C(=C(\O)c3c(C)nc4ccccn34)C(=O)C(=O)N2c2nnc(SCc3ccccc3F)s2)cc1OC. The van der Waals surface area contributed by atoms with Crippen molar-refractivity contribution in [2.75, 3.05) is 19.1 Å². The van der Waals surface area contributed by atoms with Gasteiger partial charge in [0.2, 0.25) is 5.13 Å². The van der Waals surface area contributed by atoms with Crippen molar-refractivity contribution in [1.82, 2.24) is 19.6 Å². The van der Waals surface area contributed by atoms with Crippen LogP contribution in [0, 0.1) is 12.7 Å². The Balaban J connectivity index is 1.47. The lowest BCUT2D eigenvalue weighted by molar-refractivity contribution is -0.132. The Kier molecular flexibility index (Phi) is 7.59. The van der Waals surface area contributed by atoms with Crippen LogP contribution in [0.3, 0.4) is 0 Å². The maximum Gasteiger partial charge on any atom is 0.301 e. The number of pyridine rings is 1. The topological polar surface area (TPSA) is 119 Å². The van der Waals surface area contributed by atoms with Crippen LogP contribution in [0.15, 0.2) is 76.8 Å². The standard InChI is InChI=1S/C30H24FN5O5S2/c1-16-24(35-13-7-6-10-22(35)32-16)26(37)23-25(17-11-12-20(40-2)21(14-17)41-3)36(28(39)27(23)38)29-33-34-30(43-29)42-15-18-8-4-5-9-19(18)31/h4-14,25,37H,15H2,1-3H3/b26-23+. The molecule has 10 nitrogen and oxygen atoms in total. The molecule has 0 radical (unpaired) electrons. The Morgan fingerprint density at radius 3 is 2.58 bits per heavy atom. The van der Waals surface area contributed by atoms with Crippen molar-refractivity contribution in [3.8, 4) is 11.5 Å². The van der Waals surface area contributed by atoms with E-state index in [1.165, 1.54) is 36.9 Å². The first-order chi connectivity index (χ1) is 20.8. The second-order valence-electron chi connectivity index (χ2n) is 9.49. The van der Waals surface area contributed by atoms with Gasteiger partial charge in [0, 0.05) is 11.9 Å². The van der Waals surface area contributed by atoms with Gasteiger partial charge in [-0.05, 0) is 48.4 Å². The summed E-state index contributed by atoms with van der Waals surface area (Å²) in [4.78, 5) is 33.1. The highest BCUT2D eigenvalue weighted by Crippen LogP contribution is 2.46. The summed E-state index contributed by atoms with van der Waals surface area (Å²) in [5, 5.41) is 20.3. The molecule has 1 amide bonds. The molecule has 2 aromatic carbocycles. The van der Waals surface area contributed by atoms with E-state index in [4.69, 9.17) is 9.47 Å². The molecule has 1 aliphatic rings. The van der Waals surface area contributed by atoms with Gasteiger partial charge < -0.3 is 14.6 Å². The summed E-state index contributed by atoms with van der Waals surface area (Å²) < 4.78 is 27.2. The zero-order valence-corrected chi connectivity index (χ0v) is 24.8. The van der Waals surface area contributed by atoms with Crippen molar-refractivity contribution in [3.05, 3.63) is 101 Å². The number of Topliss-reactive ketones (excluding diaryl/α,β-unsaturated/α-hetero) is 1. The van der Waals surface area contributed by atoms with Crippen LogP contribution in [0.1, 0.15) is 28.6 Å². The number of carbonyl (C=O) groups excluding carboxylic acids is 2. The van der Waals surface area contributed by atoms with Crippen molar-refractivity contribution in [1.29, 1.82) is 0 Å². The number of carbonyl (C=O) groups is 2. The maximum absolute atomic E-state index is 14.2. The number of hydrogen-bond acceptors (Lipinski definition) is 10. The summed E-state index contributed by atoms with van der Waals surface area (Å²) in [5.41, 5.74) is 2.17. The van der Waals surface area contributed by atoms with Gasteiger partial charge in [-0.25, -0.2) is 9.37 Å². The number of aromatic nitrogens is 4. The molecule has 0 saturated carbocycles. The third-order valence-corrected chi connectivity index (χ3v) is 9.11. The van der Waals surface area contributed by atoms with E-state index in [-0.39, 0.29) is 28.0 Å². The van der Waals surface area contributed by atoms with Crippen molar-refractivity contribution >= 4 is 51.3 Å². The van der Waals surface area contributed by atoms with E-state index < -0.39 is 17.7 Å². The number of amides is 1. The van der Waals surface area contributed by atoms with Crippen LogP contribution in [0.5, 0.6) is 11.5 Å². The summed E-state index contributed by atoms with van der Waals surface area (Å²) in [5.74, 6) is -1.37. The fourth-order valence-corrected chi connectivity index (χ4v) is 6.86. The Bertz CT molecular complexity index is 1920. The minimum Gasteiger partial charge on any atom is -0.505 e. The van der Waals surface area contributed by atoms with Gasteiger partial charge in [0.05, 0.1) is 31.5 Å². The van der Waals surface area contributed by atoms with Gasteiger partial charge in [0.25, 0.3) is 5.78 Å². The monoisotopic (exact) mass is 617 g/mol.